The normalized spacial score (nSPS) is 15.7. The molecule has 0 aliphatic heterocycles. The fourth-order valence-corrected chi connectivity index (χ4v) is 3.06. The van der Waals surface area contributed by atoms with E-state index >= 15 is 0 Å². The first-order chi connectivity index (χ1) is 11.7. The predicted molar refractivity (Wildman–Crippen MR) is 111 cm³/mol. The number of nitrogens with one attached hydrogen (secondary N) is 1. The van der Waals surface area contributed by atoms with Crippen LogP contribution < -0.4 is 25.3 Å². The SMILES string of the molecule is COc1cc(OC)c(OC)cc1CN=C(N)NC1CCCCCC1.I. The highest BCUT2D eigenvalue weighted by Gasteiger charge is 2.14. The number of benzene rings is 1. The summed E-state index contributed by atoms with van der Waals surface area (Å²) in [6, 6.07) is 4.11. The first-order valence-electron chi connectivity index (χ1n) is 8.53. The summed E-state index contributed by atoms with van der Waals surface area (Å²) in [6.07, 6.45) is 7.48. The van der Waals surface area contributed by atoms with Gasteiger partial charge in [0.15, 0.2) is 17.5 Å². The standard InChI is InChI=1S/C18H29N3O3.HI/c1-22-15-11-17(24-3)16(23-2)10-13(15)12-20-18(19)21-14-8-6-4-5-7-9-14;/h10-11,14H,4-9,12H2,1-3H3,(H3,19,20,21);1H. The van der Waals surface area contributed by atoms with Crippen LogP contribution in [-0.2, 0) is 6.54 Å². The van der Waals surface area contributed by atoms with Gasteiger partial charge in [0, 0.05) is 17.7 Å². The molecule has 0 heterocycles. The summed E-state index contributed by atoms with van der Waals surface area (Å²) in [7, 11) is 4.84. The van der Waals surface area contributed by atoms with E-state index in [0.717, 1.165) is 18.4 Å². The number of nitrogens with two attached hydrogens (primary N) is 1. The van der Waals surface area contributed by atoms with E-state index in [-0.39, 0.29) is 24.0 Å². The Hall–Kier alpha value is -1.38. The number of hydrogen-bond acceptors (Lipinski definition) is 4. The van der Waals surface area contributed by atoms with Crippen molar-refractivity contribution in [1.82, 2.24) is 5.32 Å². The van der Waals surface area contributed by atoms with Gasteiger partial charge in [0.2, 0.25) is 0 Å². The third-order valence-electron chi connectivity index (χ3n) is 4.41. The third-order valence-corrected chi connectivity index (χ3v) is 4.41. The number of halogens is 1. The number of hydrogen-bond donors (Lipinski definition) is 2. The second-order valence-corrected chi connectivity index (χ2v) is 6.05. The molecule has 0 spiro atoms. The molecule has 0 amide bonds. The van der Waals surface area contributed by atoms with Gasteiger partial charge in [0.1, 0.15) is 5.75 Å². The van der Waals surface area contributed by atoms with E-state index in [1.165, 1.54) is 25.7 Å². The van der Waals surface area contributed by atoms with Crippen LogP contribution >= 0.6 is 24.0 Å². The molecule has 1 fully saturated rings. The zero-order valence-corrected chi connectivity index (χ0v) is 17.7. The maximum atomic E-state index is 6.06. The van der Waals surface area contributed by atoms with Gasteiger partial charge in [-0.2, -0.15) is 0 Å². The molecular weight excluding hydrogens is 433 g/mol. The van der Waals surface area contributed by atoms with Gasteiger partial charge in [-0.05, 0) is 18.9 Å². The zero-order valence-electron chi connectivity index (χ0n) is 15.3. The quantitative estimate of drug-likeness (QED) is 0.293. The van der Waals surface area contributed by atoms with Crippen LogP contribution in [0.1, 0.15) is 44.1 Å². The Morgan fingerprint density at radius 3 is 2.12 bits per heavy atom. The highest BCUT2D eigenvalue weighted by atomic mass is 127. The molecule has 1 aliphatic carbocycles. The van der Waals surface area contributed by atoms with Gasteiger partial charge in [-0.3, -0.25) is 0 Å². The minimum absolute atomic E-state index is 0. The molecule has 25 heavy (non-hydrogen) atoms. The molecule has 0 atom stereocenters. The molecule has 142 valence electrons. The number of nitrogens with zero attached hydrogens (tertiary/aromatic N) is 1. The van der Waals surface area contributed by atoms with Crippen molar-refractivity contribution in [3.8, 4) is 17.2 Å². The molecular formula is C18H30IN3O3. The van der Waals surface area contributed by atoms with Crippen molar-refractivity contribution >= 4 is 29.9 Å². The average molecular weight is 463 g/mol. The summed E-state index contributed by atoms with van der Waals surface area (Å²) in [6.45, 7) is 0.426. The highest BCUT2D eigenvalue weighted by molar-refractivity contribution is 14.0. The topological polar surface area (TPSA) is 78.1 Å². The molecule has 0 unspecified atom stereocenters. The van der Waals surface area contributed by atoms with Crippen LogP contribution in [0.25, 0.3) is 0 Å². The number of rotatable bonds is 6. The van der Waals surface area contributed by atoms with Gasteiger partial charge >= 0.3 is 0 Å². The van der Waals surface area contributed by atoms with E-state index in [9.17, 15) is 0 Å². The smallest absolute Gasteiger partial charge is 0.189 e. The van der Waals surface area contributed by atoms with Gasteiger partial charge < -0.3 is 25.3 Å². The minimum Gasteiger partial charge on any atom is -0.496 e. The molecule has 3 N–H and O–H groups in total. The molecule has 6 nitrogen and oxygen atoms in total. The van der Waals surface area contributed by atoms with Crippen LogP contribution in [0.4, 0.5) is 0 Å². The highest BCUT2D eigenvalue weighted by Crippen LogP contribution is 2.34. The van der Waals surface area contributed by atoms with Gasteiger partial charge in [-0.25, -0.2) is 4.99 Å². The largest absolute Gasteiger partial charge is 0.496 e. The number of aliphatic imine (C=N–C) groups is 1. The van der Waals surface area contributed by atoms with E-state index in [2.05, 4.69) is 10.3 Å². The summed E-state index contributed by atoms with van der Waals surface area (Å²) >= 11 is 0. The van der Waals surface area contributed by atoms with Crippen molar-refractivity contribution in [3.05, 3.63) is 17.7 Å². The lowest BCUT2D eigenvalue weighted by molar-refractivity contribution is 0.347. The number of guanidine groups is 1. The molecule has 0 saturated heterocycles. The van der Waals surface area contributed by atoms with Crippen LogP contribution in [-0.4, -0.2) is 33.3 Å². The Morgan fingerprint density at radius 2 is 1.56 bits per heavy atom. The molecule has 7 heteroatoms. The molecule has 1 aromatic rings. The van der Waals surface area contributed by atoms with Crippen molar-refractivity contribution < 1.29 is 14.2 Å². The monoisotopic (exact) mass is 463 g/mol. The molecule has 1 saturated carbocycles. The van der Waals surface area contributed by atoms with E-state index in [4.69, 9.17) is 19.9 Å². The Balaban J connectivity index is 0.00000312. The Bertz CT molecular complexity index is 559. The summed E-state index contributed by atoms with van der Waals surface area (Å²) in [5.41, 5.74) is 6.97. The molecule has 1 aliphatic rings. The fraction of sp³-hybridized carbons (Fsp3) is 0.611. The zero-order chi connectivity index (χ0) is 17.4. The molecule has 2 rings (SSSR count). The average Bonchev–Trinajstić information content (AvgIpc) is 2.87. The molecule has 0 bridgehead atoms. The van der Waals surface area contributed by atoms with E-state index in [1.54, 1.807) is 27.4 Å². The van der Waals surface area contributed by atoms with Crippen molar-refractivity contribution in [2.75, 3.05) is 21.3 Å². The Kier molecular flexibility index (Phi) is 9.77. The first-order valence-corrected chi connectivity index (χ1v) is 8.53. The van der Waals surface area contributed by atoms with Crippen LogP contribution in [0.3, 0.4) is 0 Å². The maximum absolute atomic E-state index is 6.06. The summed E-state index contributed by atoms with van der Waals surface area (Å²) < 4.78 is 16.1. The summed E-state index contributed by atoms with van der Waals surface area (Å²) in [5, 5.41) is 3.35. The number of methoxy groups -OCH3 is 3. The van der Waals surface area contributed by atoms with Crippen LogP contribution in [0.15, 0.2) is 17.1 Å². The fourth-order valence-electron chi connectivity index (χ4n) is 3.06. The van der Waals surface area contributed by atoms with Crippen LogP contribution in [0.2, 0.25) is 0 Å². The summed E-state index contributed by atoms with van der Waals surface area (Å²) in [5.74, 6) is 2.47. The number of ether oxygens (including phenoxy) is 3. The lowest BCUT2D eigenvalue weighted by Gasteiger charge is -2.17. The third kappa shape index (κ3) is 6.45. The van der Waals surface area contributed by atoms with Gasteiger partial charge in [-0.15, -0.1) is 24.0 Å². The predicted octanol–water partition coefficient (Wildman–Crippen LogP) is 3.46. The lowest BCUT2D eigenvalue weighted by atomic mass is 10.1. The Morgan fingerprint density at radius 1 is 1.00 bits per heavy atom. The minimum atomic E-state index is 0. The van der Waals surface area contributed by atoms with Crippen LogP contribution in [0, 0.1) is 0 Å². The van der Waals surface area contributed by atoms with Crippen molar-refractivity contribution in [2.24, 2.45) is 10.7 Å². The van der Waals surface area contributed by atoms with Crippen molar-refractivity contribution in [3.63, 3.8) is 0 Å². The van der Waals surface area contributed by atoms with E-state index < -0.39 is 0 Å². The van der Waals surface area contributed by atoms with Crippen molar-refractivity contribution in [2.45, 2.75) is 51.1 Å². The second-order valence-electron chi connectivity index (χ2n) is 6.05. The van der Waals surface area contributed by atoms with E-state index in [1.807, 2.05) is 6.07 Å². The maximum Gasteiger partial charge on any atom is 0.189 e. The second kappa shape index (κ2) is 11.3. The van der Waals surface area contributed by atoms with Crippen LogP contribution in [0.5, 0.6) is 17.2 Å². The van der Waals surface area contributed by atoms with E-state index in [0.29, 0.717) is 35.8 Å². The molecule has 1 aromatic carbocycles. The lowest BCUT2D eigenvalue weighted by Crippen LogP contribution is -2.39. The Labute approximate surface area is 167 Å². The van der Waals surface area contributed by atoms with Gasteiger partial charge in [0.05, 0.1) is 27.9 Å². The summed E-state index contributed by atoms with van der Waals surface area (Å²) in [4.78, 5) is 4.47. The van der Waals surface area contributed by atoms with Gasteiger partial charge in [-0.1, -0.05) is 25.7 Å². The van der Waals surface area contributed by atoms with Gasteiger partial charge in [0.25, 0.3) is 0 Å². The van der Waals surface area contributed by atoms with Crippen molar-refractivity contribution in [1.29, 1.82) is 0 Å². The molecule has 0 aromatic heterocycles. The first kappa shape index (κ1) is 21.7. The molecule has 0 radical (unpaired) electrons.